The molecule has 0 bridgehead atoms. The van der Waals surface area contributed by atoms with E-state index >= 15 is 0 Å². The number of benzene rings is 2. The first-order chi connectivity index (χ1) is 12.5. The molecule has 2 aromatic carbocycles. The second-order valence-corrected chi connectivity index (χ2v) is 8.95. The van der Waals surface area contributed by atoms with Crippen LogP contribution in [0.5, 0.6) is 0 Å². The fraction of sp³-hybridized carbons (Fsp3) is 0.250. The number of para-hydroxylation sites is 1. The van der Waals surface area contributed by atoms with Gasteiger partial charge >= 0.3 is 0 Å². The van der Waals surface area contributed by atoms with E-state index in [0.717, 1.165) is 16.5 Å². The summed E-state index contributed by atoms with van der Waals surface area (Å²) < 4.78 is 23.6. The van der Waals surface area contributed by atoms with Crippen LogP contribution in [0.4, 0.5) is 0 Å². The topological polar surface area (TPSA) is 79.0 Å². The summed E-state index contributed by atoms with van der Waals surface area (Å²) in [5.41, 5.74) is 2.36. The van der Waals surface area contributed by atoms with Crippen LogP contribution in [0.3, 0.4) is 0 Å². The minimum Gasteiger partial charge on any atom is -0.360 e. The number of hydrogen-bond acceptors (Lipinski definition) is 4. The van der Waals surface area contributed by atoms with E-state index in [1.165, 1.54) is 0 Å². The summed E-state index contributed by atoms with van der Waals surface area (Å²) in [6.45, 7) is 0. The predicted octanol–water partition coefficient (Wildman–Crippen LogP) is 2.87. The molecule has 1 aliphatic rings. The van der Waals surface area contributed by atoms with Gasteiger partial charge in [-0.25, -0.2) is 8.42 Å². The molecule has 2 atom stereocenters. The summed E-state index contributed by atoms with van der Waals surface area (Å²) in [5, 5.41) is 4.17. The molecule has 2 N–H and O–H groups in total. The largest absolute Gasteiger partial charge is 0.360 e. The van der Waals surface area contributed by atoms with Crippen molar-refractivity contribution in [3.05, 3.63) is 71.9 Å². The van der Waals surface area contributed by atoms with Crippen LogP contribution in [0.15, 0.2) is 60.8 Å². The van der Waals surface area contributed by atoms with Crippen LogP contribution in [0.1, 0.15) is 28.4 Å². The number of nitrogens with one attached hydrogen (secondary N) is 2. The minimum atomic E-state index is -3.02. The Balaban J connectivity index is 1.69. The van der Waals surface area contributed by atoms with Crippen LogP contribution >= 0.6 is 0 Å². The first-order valence-electron chi connectivity index (χ1n) is 8.65. The van der Waals surface area contributed by atoms with Crippen molar-refractivity contribution in [3.8, 4) is 0 Å². The fourth-order valence-electron chi connectivity index (χ4n) is 3.56. The molecule has 3 aromatic rings. The maximum absolute atomic E-state index is 13.3. The molecule has 0 aliphatic carbocycles. The molecule has 1 aromatic heterocycles. The maximum Gasteiger partial charge on any atom is 0.186 e. The van der Waals surface area contributed by atoms with E-state index in [-0.39, 0.29) is 23.3 Å². The van der Waals surface area contributed by atoms with Crippen LogP contribution in [0.25, 0.3) is 10.9 Å². The van der Waals surface area contributed by atoms with Crippen LogP contribution in [0.2, 0.25) is 0 Å². The monoisotopic (exact) mass is 368 g/mol. The molecule has 2 heterocycles. The number of carbonyl (C=O) groups excluding carboxylic acids is 1. The average Bonchev–Trinajstić information content (AvgIpc) is 3.23. The number of ketones is 1. The Kier molecular flexibility index (Phi) is 4.38. The number of aromatic amines is 1. The summed E-state index contributed by atoms with van der Waals surface area (Å²) >= 11 is 0. The van der Waals surface area contributed by atoms with Crippen molar-refractivity contribution in [3.63, 3.8) is 0 Å². The molecule has 1 aliphatic heterocycles. The molecular formula is C20H20N2O3S. The summed E-state index contributed by atoms with van der Waals surface area (Å²) in [6.07, 6.45) is 2.27. The zero-order valence-corrected chi connectivity index (χ0v) is 15.0. The Labute approximate surface area is 152 Å². The van der Waals surface area contributed by atoms with Gasteiger partial charge in [-0.15, -0.1) is 0 Å². The van der Waals surface area contributed by atoms with E-state index in [4.69, 9.17) is 0 Å². The van der Waals surface area contributed by atoms with E-state index < -0.39 is 15.9 Å². The van der Waals surface area contributed by atoms with E-state index in [9.17, 15) is 13.2 Å². The predicted molar refractivity (Wildman–Crippen MR) is 102 cm³/mol. The van der Waals surface area contributed by atoms with Gasteiger partial charge in [0.05, 0.1) is 17.5 Å². The SMILES string of the molecule is O=C(c1c[nH]c2ccccc12)[C@@H](N[C@@H]1CCS(=O)(=O)C1)c1ccccc1. The molecule has 0 unspecified atom stereocenters. The molecular weight excluding hydrogens is 348 g/mol. The zero-order valence-electron chi connectivity index (χ0n) is 14.2. The van der Waals surface area contributed by atoms with Gasteiger partial charge in [0.2, 0.25) is 0 Å². The number of fused-ring (bicyclic) bond motifs is 1. The lowest BCUT2D eigenvalue weighted by atomic mass is 9.96. The van der Waals surface area contributed by atoms with Crippen LogP contribution in [-0.4, -0.2) is 36.7 Å². The third kappa shape index (κ3) is 3.30. The number of sulfone groups is 1. The highest BCUT2D eigenvalue weighted by atomic mass is 32.2. The number of H-pyrrole nitrogens is 1. The Morgan fingerprint density at radius 1 is 1.08 bits per heavy atom. The minimum absolute atomic E-state index is 0.0575. The van der Waals surface area contributed by atoms with Crippen molar-refractivity contribution in [1.29, 1.82) is 0 Å². The summed E-state index contributed by atoms with van der Waals surface area (Å²) in [6, 6.07) is 16.4. The highest BCUT2D eigenvalue weighted by Crippen LogP contribution is 2.26. The molecule has 1 fully saturated rings. The van der Waals surface area contributed by atoms with Crippen molar-refractivity contribution in [2.45, 2.75) is 18.5 Å². The number of Topliss-reactive ketones (excluding diaryl/α,β-unsaturated/α-hetero) is 1. The third-order valence-corrected chi connectivity index (χ3v) is 6.65. The number of carbonyl (C=O) groups is 1. The zero-order chi connectivity index (χ0) is 18.1. The van der Waals surface area contributed by atoms with Gasteiger partial charge in [-0.05, 0) is 18.1 Å². The van der Waals surface area contributed by atoms with Gasteiger partial charge in [0.15, 0.2) is 15.6 Å². The standard InChI is InChI=1S/C20H20N2O3S/c23-20(17-12-21-18-9-5-4-8-16(17)18)19(14-6-2-1-3-7-14)22-15-10-11-26(24,25)13-15/h1-9,12,15,19,21-22H,10-11,13H2/t15-,19+/m1/s1. The van der Waals surface area contributed by atoms with Gasteiger partial charge in [-0.3, -0.25) is 10.1 Å². The average molecular weight is 368 g/mol. The first kappa shape index (κ1) is 17.0. The Morgan fingerprint density at radius 3 is 2.54 bits per heavy atom. The number of hydrogen-bond donors (Lipinski definition) is 2. The van der Waals surface area contributed by atoms with E-state index in [1.807, 2.05) is 54.6 Å². The van der Waals surface area contributed by atoms with Gasteiger partial charge < -0.3 is 4.98 Å². The molecule has 0 saturated carbocycles. The first-order valence-corrected chi connectivity index (χ1v) is 10.5. The van der Waals surface area contributed by atoms with Crippen molar-refractivity contribution < 1.29 is 13.2 Å². The van der Waals surface area contributed by atoms with E-state index in [1.54, 1.807) is 6.20 Å². The molecule has 134 valence electrons. The summed E-state index contributed by atoms with van der Waals surface area (Å²) in [7, 11) is -3.02. The van der Waals surface area contributed by atoms with E-state index in [0.29, 0.717) is 12.0 Å². The van der Waals surface area contributed by atoms with Crippen molar-refractivity contribution in [1.82, 2.24) is 10.3 Å². The quantitative estimate of drug-likeness (QED) is 0.679. The lowest BCUT2D eigenvalue weighted by Gasteiger charge is -2.21. The lowest BCUT2D eigenvalue weighted by Crippen LogP contribution is -2.37. The lowest BCUT2D eigenvalue weighted by molar-refractivity contribution is 0.0939. The molecule has 0 amide bonds. The molecule has 5 nitrogen and oxygen atoms in total. The normalized spacial score (nSPS) is 20.2. The van der Waals surface area contributed by atoms with Gasteiger partial charge in [-0.1, -0.05) is 48.5 Å². The van der Waals surface area contributed by atoms with Crippen LogP contribution in [-0.2, 0) is 9.84 Å². The third-order valence-electron chi connectivity index (χ3n) is 4.88. The van der Waals surface area contributed by atoms with E-state index in [2.05, 4.69) is 10.3 Å². The molecule has 0 spiro atoms. The fourth-order valence-corrected chi connectivity index (χ4v) is 5.25. The second-order valence-electron chi connectivity index (χ2n) is 6.72. The summed E-state index contributed by atoms with van der Waals surface area (Å²) in [4.78, 5) is 16.5. The number of aromatic nitrogens is 1. The van der Waals surface area contributed by atoms with Crippen molar-refractivity contribution in [2.24, 2.45) is 0 Å². The Morgan fingerprint density at radius 2 is 1.81 bits per heavy atom. The van der Waals surface area contributed by atoms with Crippen molar-refractivity contribution in [2.75, 3.05) is 11.5 Å². The van der Waals surface area contributed by atoms with Gasteiger partial charge in [0.1, 0.15) is 0 Å². The van der Waals surface area contributed by atoms with Crippen molar-refractivity contribution >= 4 is 26.5 Å². The van der Waals surface area contributed by atoms with Crippen LogP contribution < -0.4 is 5.32 Å². The van der Waals surface area contributed by atoms with Gasteiger partial charge in [0.25, 0.3) is 0 Å². The Hall–Kier alpha value is -2.44. The molecule has 26 heavy (non-hydrogen) atoms. The van der Waals surface area contributed by atoms with Gasteiger partial charge in [0, 0.05) is 28.7 Å². The summed E-state index contributed by atoms with van der Waals surface area (Å²) in [5.74, 6) is 0.197. The Bertz CT molecular complexity index is 1040. The molecule has 6 heteroatoms. The smallest absolute Gasteiger partial charge is 0.186 e. The molecule has 4 rings (SSSR count). The van der Waals surface area contributed by atoms with Crippen LogP contribution in [0, 0.1) is 0 Å². The van der Waals surface area contributed by atoms with Gasteiger partial charge in [-0.2, -0.15) is 0 Å². The highest BCUT2D eigenvalue weighted by Gasteiger charge is 2.32. The molecule has 0 radical (unpaired) electrons. The maximum atomic E-state index is 13.3. The number of rotatable bonds is 5. The molecule has 1 saturated heterocycles. The second kappa shape index (κ2) is 6.70. The highest BCUT2D eigenvalue weighted by molar-refractivity contribution is 7.91.